The molecule has 0 saturated carbocycles. The Morgan fingerprint density at radius 2 is 2.38 bits per heavy atom. The van der Waals surface area contributed by atoms with Crippen molar-refractivity contribution < 1.29 is 8.42 Å². The zero-order valence-corrected chi connectivity index (χ0v) is 8.06. The number of hydrogen-bond donors (Lipinski definition) is 3. The van der Waals surface area contributed by atoms with Crippen LogP contribution in [0.15, 0.2) is 12.4 Å². The Labute approximate surface area is 76.8 Å². The van der Waals surface area contributed by atoms with Crippen LogP contribution in [0.4, 0.5) is 5.95 Å². The number of nitrogens with zero attached hydrogens (tertiary/aromatic N) is 1. The Balaban J connectivity index is 2.53. The van der Waals surface area contributed by atoms with E-state index >= 15 is 0 Å². The number of hydrogen-bond acceptors (Lipinski definition) is 4. The number of aromatic nitrogens is 2. The highest BCUT2D eigenvalue weighted by Crippen LogP contribution is 1.99. The molecule has 3 N–H and O–H groups in total. The van der Waals surface area contributed by atoms with Crippen LogP contribution in [0, 0.1) is 0 Å². The van der Waals surface area contributed by atoms with Crippen molar-refractivity contribution in [3.05, 3.63) is 12.4 Å². The van der Waals surface area contributed by atoms with E-state index in [0.717, 1.165) is 0 Å². The summed E-state index contributed by atoms with van der Waals surface area (Å²) < 4.78 is 24.8. The zero-order chi connectivity index (χ0) is 9.73. The molecule has 0 bridgehead atoms. The van der Waals surface area contributed by atoms with Gasteiger partial charge in [-0.05, 0) is 7.05 Å². The molecule has 0 radical (unpaired) electrons. The van der Waals surface area contributed by atoms with Crippen molar-refractivity contribution in [1.29, 1.82) is 0 Å². The maximum atomic E-state index is 11.2. The van der Waals surface area contributed by atoms with Crippen LogP contribution >= 0.6 is 0 Å². The largest absolute Gasteiger partial charge is 0.330 e. The molecule has 6 nitrogen and oxygen atoms in total. The second-order valence-electron chi connectivity index (χ2n) is 2.46. The minimum Gasteiger partial charge on any atom is -0.330 e. The second-order valence-corrected chi connectivity index (χ2v) is 4.30. The van der Waals surface area contributed by atoms with Gasteiger partial charge in [-0.2, -0.15) is 0 Å². The predicted molar refractivity (Wildman–Crippen MR) is 49.9 cm³/mol. The number of nitrogens with one attached hydrogen (secondary N) is 3. The van der Waals surface area contributed by atoms with Crippen LogP contribution in [0.1, 0.15) is 0 Å². The number of imidazole rings is 1. The first-order chi connectivity index (χ1) is 6.14. The average Bonchev–Trinajstić information content (AvgIpc) is 2.52. The normalized spacial score (nSPS) is 11.5. The van der Waals surface area contributed by atoms with Gasteiger partial charge in [-0.1, -0.05) is 0 Å². The third-order valence-corrected chi connectivity index (χ3v) is 2.62. The van der Waals surface area contributed by atoms with Crippen molar-refractivity contribution in [2.45, 2.75) is 0 Å². The molecule has 0 amide bonds. The highest BCUT2D eigenvalue weighted by Gasteiger charge is 2.09. The molecule has 13 heavy (non-hydrogen) atoms. The van der Waals surface area contributed by atoms with E-state index in [9.17, 15) is 8.42 Å². The van der Waals surface area contributed by atoms with Gasteiger partial charge in [-0.3, -0.25) is 4.72 Å². The summed E-state index contributed by atoms with van der Waals surface area (Å²) in [6.45, 7) is 0.413. The van der Waals surface area contributed by atoms with Crippen molar-refractivity contribution in [1.82, 2.24) is 15.3 Å². The lowest BCUT2D eigenvalue weighted by Crippen LogP contribution is -2.24. The first-order valence-corrected chi connectivity index (χ1v) is 5.44. The van der Waals surface area contributed by atoms with Gasteiger partial charge in [0, 0.05) is 18.9 Å². The van der Waals surface area contributed by atoms with Gasteiger partial charge in [0.1, 0.15) is 0 Å². The average molecular weight is 204 g/mol. The van der Waals surface area contributed by atoms with Crippen LogP contribution in [0.3, 0.4) is 0 Å². The summed E-state index contributed by atoms with van der Waals surface area (Å²) in [5.74, 6) is 0.278. The molecule has 0 aromatic carbocycles. The molecule has 74 valence electrons. The fourth-order valence-corrected chi connectivity index (χ4v) is 1.74. The fraction of sp³-hybridized carbons (Fsp3) is 0.500. The zero-order valence-electron chi connectivity index (χ0n) is 7.24. The molecule has 0 aliphatic carbocycles. The summed E-state index contributed by atoms with van der Waals surface area (Å²) >= 11 is 0. The van der Waals surface area contributed by atoms with Crippen molar-refractivity contribution in [3.8, 4) is 0 Å². The highest BCUT2D eigenvalue weighted by atomic mass is 32.2. The SMILES string of the molecule is CNCCS(=O)(=O)Nc1ncc[nH]1. The van der Waals surface area contributed by atoms with Gasteiger partial charge in [-0.25, -0.2) is 13.4 Å². The monoisotopic (exact) mass is 204 g/mol. The quantitative estimate of drug-likeness (QED) is 0.596. The van der Waals surface area contributed by atoms with Gasteiger partial charge < -0.3 is 10.3 Å². The van der Waals surface area contributed by atoms with E-state index in [1.165, 1.54) is 6.20 Å². The van der Waals surface area contributed by atoms with Crippen LogP contribution in [-0.4, -0.2) is 37.7 Å². The summed E-state index contributed by atoms with van der Waals surface area (Å²) in [5.41, 5.74) is 0. The van der Waals surface area contributed by atoms with Crippen molar-refractivity contribution in [3.63, 3.8) is 0 Å². The Hall–Kier alpha value is -1.08. The van der Waals surface area contributed by atoms with Gasteiger partial charge in [0.2, 0.25) is 16.0 Å². The van der Waals surface area contributed by atoms with E-state index in [0.29, 0.717) is 6.54 Å². The molecular weight excluding hydrogens is 192 g/mol. The van der Waals surface area contributed by atoms with E-state index in [2.05, 4.69) is 20.0 Å². The molecule has 1 aromatic rings. The third-order valence-electron chi connectivity index (χ3n) is 1.37. The molecule has 1 heterocycles. The Morgan fingerprint density at radius 1 is 1.62 bits per heavy atom. The van der Waals surface area contributed by atoms with Crippen molar-refractivity contribution in [2.75, 3.05) is 24.1 Å². The summed E-state index contributed by atoms with van der Waals surface area (Å²) in [5, 5.41) is 2.75. The van der Waals surface area contributed by atoms with Crippen LogP contribution in [0.25, 0.3) is 0 Å². The number of sulfonamides is 1. The van der Waals surface area contributed by atoms with E-state index in [4.69, 9.17) is 0 Å². The molecule has 7 heteroatoms. The van der Waals surface area contributed by atoms with E-state index in [1.807, 2.05) is 0 Å². The lowest BCUT2D eigenvalue weighted by atomic mass is 10.8. The maximum Gasteiger partial charge on any atom is 0.236 e. The number of aromatic amines is 1. The first kappa shape index (κ1) is 10.0. The van der Waals surface area contributed by atoms with Crippen LogP contribution in [0.2, 0.25) is 0 Å². The van der Waals surface area contributed by atoms with E-state index in [1.54, 1.807) is 13.2 Å². The molecule has 0 unspecified atom stereocenters. The van der Waals surface area contributed by atoms with Crippen molar-refractivity contribution in [2.24, 2.45) is 0 Å². The molecule has 0 spiro atoms. The van der Waals surface area contributed by atoms with Crippen molar-refractivity contribution >= 4 is 16.0 Å². The van der Waals surface area contributed by atoms with Gasteiger partial charge in [0.05, 0.1) is 5.75 Å². The van der Waals surface area contributed by atoms with Crippen LogP contribution in [-0.2, 0) is 10.0 Å². The van der Waals surface area contributed by atoms with Gasteiger partial charge in [-0.15, -0.1) is 0 Å². The number of anilines is 1. The minimum absolute atomic E-state index is 0.0319. The predicted octanol–water partition coefficient (Wildman–Crippen LogP) is -0.629. The second kappa shape index (κ2) is 4.24. The highest BCUT2D eigenvalue weighted by molar-refractivity contribution is 7.92. The molecule has 0 aliphatic heterocycles. The number of H-pyrrole nitrogens is 1. The minimum atomic E-state index is -3.27. The van der Waals surface area contributed by atoms with Gasteiger partial charge in [0.25, 0.3) is 0 Å². The molecule has 1 rings (SSSR count). The lowest BCUT2D eigenvalue weighted by Gasteiger charge is -2.03. The molecule has 0 aliphatic rings. The number of rotatable bonds is 5. The van der Waals surface area contributed by atoms with E-state index in [-0.39, 0.29) is 11.7 Å². The maximum absolute atomic E-state index is 11.2. The molecule has 1 aromatic heterocycles. The smallest absolute Gasteiger partial charge is 0.236 e. The lowest BCUT2D eigenvalue weighted by molar-refractivity contribution is 0.598. The Kier molecular flexibility index (Phi) is 3.26. The van der Waals surface area contributed by atoms with Gasteiger partial charge in [0.15, 0.2) is 0 Å². The summed E-state index contributed by atoms with van der Waals surface area (Å²) in [6, 6.07) is 0. The summed E-state index contributed by atoms with van der Waals surface area (Å²) in [6.07, 6.45) is 3.03. The topological polar surface area (TPSA) is 86.9 Å². The molecule has 0 saturated heterocycles. The summed E-state index contributed by atoms with van der Waals surface area (Å²) in [7, 11) is -1.58. The van der Waals surface area contributed by atoms with E-state index < -0.39 is 10.0 Å². The molecule has 0 fully saturated rings. The Morgan fingerprint density at radius 3 is 2.92 bits per heavy atom. The fourth-order valence-electron chi connectivity index (χ4n) is 0.756. The Bertz CT molecular complexity index is 332. The van der Waals surface area contributed by atoms with Crippen LogP contribution < -0.4 is 10.0 Å². The first-order valence-electron chi connectivity index (χ1n) is 3.78. The standard InChI is InChI=1S/C6H12N4O2S/c1-7-4-5-13(11,12)10-6-8-2-3-9-6/h2-3,7H,4-5H2,1H3,(H2,8,9,10). The van der Waals surface area contributed by atoms with Gasteiger partial charge >= 0.3 is 0 Å². The van der Waals surface area contributed by atoms with Crippen LogP contribution in [0.5, 0.6) is 0 Å². The molecular formula is C6H12N4O2S. The molecule has 0 atom stereocenters. The summed E-state index contributed by atoms with van der Waals surface area (Å²) in [4.78, 5) is 6.39. The third kappa shape index (κ3) is 3.43.